The van der Waals surface area contributed by atoms with Crippen LogP contribution in [0.1, 0.15) is 0 Å². The first-order chi connectivity index (χ1) is 8.49. The molecule has 0 aliphatic rings. The molecule has 96 valence electrons. The van der Waals surface area contributed by atoms with E-state index in [-0.39, 0.29) is 6.54 Å². The first-order valence-corrected chi connectivity index (χ1v) is 6.11. The second-order valence-electron chi connectivity index (χ2n) is 4.00. The normalized spacial score (nSPS) is 11.2. The third kappa shape index (κ3) is 2.53. The van der Waals surface area contributed by atoms with E-state index in [4.69, 9.17) is 5.73 Å². The van der Waals surface area contributed by atoms with Gasteiger partial charge in [-0.2, -0.15) is 0 Å². The van der Waals surface area contributed by atoms with E-state index < -0.39 is 6.43 Å². The zero-order valence-electron chi connectivity index (χ0n) is 9.70. The zero-order valence-corrected chi connectivity index (χ0v) is 11.3. The average molecular weight is 316 g/mol. The van der Waals surface area contributed by atoms with Gasteiger partial charge in [0, 0.05) is 16.9 Å². The van der Waals surface area contributed by atoms with Gasteiger partial charge in [-0.25, -0.2) is 8.78 Å². The number of hydrogen-bond acceptors (Lipinski definition) is 3. The van der Waals surface area contributed by atoms with Gasteiger partial charge in [-0.1, -0.05) is 15.9 Å². The Hall–Kier alpha value is -1.43. The van der Waals surface area contributed by atoms with Crippen molar-refractivity contribution in [3.05, 3.63) is 28.9 Å². The smallest absolute Gasteiger partial charge is 0.255 e. The molecule has 0 fully saturated rings. The number of hydrogen-bond donors (Lipinski definition) is 1. The van der Waals surface area contributed by atoms with Crippen LogP contribution in [0.25, 0.3) is 10.9 Å². The lowest BCUT2D eigenvalue weighted by Crippen LogP contribution is -2.25. The largest absolute Gasteiger partial charge is 0.396 e. The van der Waals surface area contributed by atoms with Crippen molar-refractivity contribution < 1.29 is 8.78 Å². The van der Waals surface area contributed by atoms with E-state index in [2.05, 4.69) is 20.9 Å². The van der Waals surface area contributed by atoms with Crippen LogP contribution in [0.15, 0.2) is 28.9 Å². The van der Waals surface area contributed by atoms with E-state index in [0.29, 0.717) is 11.4 Å². The van der Waals surface area contributed by atoms with Gasteiger partial charge in [-0.05, 0) is 18.2 Å². The second kappa shape index (κ2) is 5.06. The van der Waals surface area contributed by atoms with Gasteiger partial charge in [0.1, 0.15) is 0 Å². The van der Waals surface area contributed by atoms with E-state index in [1.807, 2.05) is 18.2 Å². The van der Waals surface area contributed by atoms with Gasteiger partial charge in [0.15, 0.2) is 0 Å². The number of fused-ring (bicyclic) bond motifs is 1. The van der Waals surface area contributed by atoms with Crippen molar-refractivity contribution in [2.24, 2.45) is 0 Å². The van der Waals surface area contributed by atoms with E-state index in [1.54, 1.807) is 7.05 Å². The monoisotopic (exact) mass is 315 g/mol. The first-order valence-electron chi connectivity index (χ1n) is 5.32. The van der Waals surface area contributed by atoms with Crippen molar-refractivity contribution in [2.45, 2.75) is 6.43 Å². The summed E-state index contributed by atoms with van der Waals surface area (Å²) < 4.78 is 25.8. The van der Waals surface area contributed by atoms with E-state index in [1.165, 1.54) is 11.1 Å². The standard InChI is InChI=1S/C12H12BrF2N3/c1-18(6-11(14)15)12-8-4-7(13)2-3-10(8)17-5-9(12)16/h2-5,11H,6,16H2,1H3. The minimum Gasteiger partial charge on any atom is -0.396 e. The van der Waals surface area contributed by atoms with Crippen molar-refractivity contribution >= 4 is 38.2 Å². The minimum absolute atomic E-state index is 0.365. The molecule has 0 bridgehead atoms. The fraction of sp³-hybridized carbons (Fsp3) is 0.250. The van der Waals surface area contributed by atoms with Gasteiger partial charge in [0.2, 0.25) is 0 Å². The highest BCUT2D eigenvalue weighted by Gasteiger charge is 2.15. The molecule has 0 aliphatic carbocycles. The number of aromatic nitrogens is 1. The lowest BCUT2D eigenvalue weighted by Gasteiger charge is -2.22. The van der Waals surface area contributed by atoms with Crippen LogP contribution >= 0.6 is 15.9 Å². The molecule has 0 spiro atoms. The number of alkyl halides is 2. The second-order valence-corrected chi connectivity index (χ2v) is 4.91. The maximum absolute atomic E-state index is 12.5. The fourth-order valence-corrected chi connectivity index (χ4v) is 2.25. The van der Waals surface area contributed by atoms with Gasteiger partial charge in [-0.3, -0.25) is 4.98 Å². The number of pyridine rings is 1. The summed E-state index contributed by atoms with van der Waals surface area (Å²) in [5.41, 5.74) is 7.55. The Morgan fingerprint density at radius 1 is 1.44 bits per heavy atom. The Bertz CT molecular complexity index is 569. The van der Waals surface area contributed by atoms with Crippen LogP contribution in [0, 0.1) is 0 Å². The Labute approximate surface area is 112 Å². The molecule has 0 saturated carbocycles. The lowest BCUT2D eigenvalue weighted by molar-refractivity contribution is 0.156. The van der Waals surface area contributed by atoms with Gasteiger partial charge in [-0.15, -0.1) is 0 Å². The molecule has 0 saturated heterocycles. The summed E-state index contributed by atoms with van der Waals surface area (Å²) in [6, 6.07) is 5.50. The van der Waals surface area contributed by atoms with Crippen LogP contribution < -0.4 is 10.6 Å². The molecule has 0 amide bonds. The number of nitrogen functional groups attached to an aromatic ring is 1. The summed E-state index contributed by atoms with van der Waals surface area (Å²) in [7, 11) is 1.60. The maximum atomic E-state index is 12.5. The zero-order chi connectivity index (χ0) is 13.3. The molecule has 0 unspecified atom stereocenters. The summed E-state index contributed by atoms with van der Waals surface area (Å²) in [6.07, 6.45) is -0.919. The predicted molar refractivity (Wildman–Crippen MR) is 73.1 cm³/mol. The van der Waals surface area contributed by atoms with Crippen LogP contribution in [-0.4, -0.2) is 25.0 Å². The van der Waals surface area contributed by atoms with Crippen LogP contribution in [0.5, 0.6) is 0 Å². The Balaban J connectivity index is 2.59. The number of nitrogens with zero attached hydrogens (tertiary/aromatic N) is 2. The molecule has 0 aliphatic heterocycles. The average Bonchev–Trinajstić information content (AvgIpc) is 2.27. The highest BCUT2D eigenvalue weighted by Crippen LogP contribution is 2.32. The molecule has 2 rings (SSSR count). The molecule has 2 aromatic rings. The molecule has 3 nitrogen and oxygen atoms in total. The molecule has 1 heterocycles. The van der Waals surface area contributed by atoms with Crippen molar-refractivity contribution in [1.29, 1.82) is 0 Å². The number of anilines is 2. The Morgan fingerprint density at radius 3 is 2.83 bits per heavy atom. The van der Waals surface area contributed by atoms with Gasteiger partial charge in [0.05, 0.1) is 29.6 Å². The highest BCUT2D eigenvalue weighted by atomic mass is 79.9. The molecule has 2 N–H and O–H groups in total. The third-order valence-electron chi connectivity index (χ3n) is 2.62. The van der Waals surface area contributed by atoms with Crippen LogP contribution in [0.3, 0.4) is 0 Å². The van der Waals surface area contributed by atoms with E-state index in [9.17, 15) is 8.78 Å². The van der Waals surface area contributed by atoms with Crippen LogP contribution in [0.4, 0.5) is 20.2 Å². The molecule has 0 atom stereocenters. The first kappa shape index (κ1) is 13.0. The topological polar surface area (TPSA) is 42.1 Å². The van der Waals surface area contributed by atoms with E-state index >= 15 is 0 Å². The molecular weight excluding hydrogens is 304 g/mol. The molecule has 18 heavy (non-hydrogen) atoms. The summed E-state index contributed by atoms with van der Waals surface area (Å²) >= 11 is 3.36. The number of benzene rings is 1. The van der Waals surface area contributed by atoms with Gasteiger partial charge < -0.3 is 10.6 Å². The van der Waals surface area contributed by atoms with Crippen LogP contribution in [-0.2, 0) is 0 Å². The molecular formula is C12H12BrF2N3. The maximum Gasteiger partial charge on any atom is 0.255 e. The van der Waals surface area contributed by atoms with Gasteiger partial charge >= 0.3 is 0 Å². The lowest BCUT2D eigenvalue weighted by atomic mass is 10.1. The number of nitrogens with two attached hydrogens (primary N) is 1. The number of rotatable bonds is 3. The molecule has 6 heteroatoms. The predicted octanol–water partition coefficient (Wildman–Crippen LogP) is 3.28. The molecule has 1 aromatic carbocycles. The van der Waals surface area contributed by atoms with Crippen molar-refractivity contribution in [1.82, 2.24) is 4.98 Å². The molecule has 1 aromatic heterocycles. The van der Waals surface area contributed by atoms with Crippen LogP contribution in [0.2, 0.25) is 0 Å². The van der Waals surface area contributed by atoms with Crippen molar-refractivity contribution in [3.63, 3.8) is 0 Å². The van der Waals surface area contributed by atoms with Crippen molar-refractivity contribution in [2.75, 3.05) is 24.2 Å². The highest BCUT2D eigenvalue weighted by molar-refractivity contribution is 9.10. The van der Waals surface area contributed by atoms with Crippen molar-refractivity contribution in [3.8, 4) is 0 Å². The minimum atomic E-state index is -2.41. The summed E-state index contributed by atoms with van der Waals surface area (Å²) in [6.45, 7) is -0.365. The van der Waals surface area contributed by atoms with Gasteiger partial charge in [0.25, 0.3) is 6.43 Å². The number of halogens is 3. The quantitative estimate of drug-likeness (QED) is 0.945. The Morgan fingerprint density at radius 2 is 2.17 bits per heavy atom. The third-order valence-corrected chi connectivity index (χ3v) is 3.12. The molecule has 0 radical (unpaired) electrons. The van der Waals surface area contributed by atoms with E-state index in [0.717, 1.165) is 15.4 Å². The SMILES string of the molecule is CN(CC(F)F)c1c(N)cnc2ccc(Br)cc12. The summed E-state index contributed by atoms with van der Waals surface area (Å²) in [4.78, 5) is 5.64. The fourth-order valence-electron chi connectivity index (χ4n) is 1.89. The Kier molecular flexibility index (Phi) is 3.65. The summed E-state index contributed by atoms with van der Waals surface area (Å²) in [5.74, 6) is 0. The summed E-state index contributed by atoms with van der Waals surface area (Å²) in [5, 5.41) is 0.757.